The number of hydrogen-bond donors (Lipinski definition) is 2. The lowest BCUT2D eigenvalue weighted by molar-refractivity contribution is -0.119. The normalized spacial score (nSPS) is 15.8. The van der Waals surface area contributed by atoms with Crippen LogP contribution in [0.25, 0.3) is 0 Å². The Labute approximate surface area is 113 Å². The van der Waals surface area contributed by atoms with Gasteiger partial charge in [-0.2, -0.15) is 0 Å². The summed E-state index contributed by atoms with van der Waals surface area (Å²) in [4.78, 5) is 39.7. The third kappa shape index (κ3) is 2.90. The number of anilines is 1. The van der Waals surface area contributed by atoms with E-state index in [4.69, 9.17) is 5.11 Å². The fraction of sp³-hybridized carbons (Fsp3) is 0.455. The highest BCUT2D eigenvalue weighted by atomic mass is 32.1. The molecule has 0 spiro atoms. The number of aromatic nitrogens is 1. The molecule has 1 amide bonds. The van der Waals surface area contributed by atoms with Gasteiger partial charge in [-0.1, -0.05) is 11.3 Å². The van der Waals surface area contributed by atoms with Crippen molar-refractivity contribution in [2.75, 3.05) is 24.5 Å². The number of hydrogen-bond acceptors (Lipinski definition) is 6. The van der Waals surface area contributed by atoms with Crippen LogP contribution in [-0.4, -0.2) is 47.4 Å². The number of nitrogens with one attached hydrogen (secondary N) is 1. The highest BCUT2D eigenvalue weighted by Crippen LogP contribution is 2.27. The van der Waals surface area contributed by atoms with Crippen LogP contribution in [0.15, 0.2) is 0 Å². The van der Waals surface area contributed by atoms with Crippen molar-refractivity contribution < 1.29 is 19.5 Å². The van der Waals surface area contributed by atoms with E-state index in [1.54, 1.807) is 4.90 Å². The molecule has 1 aromatic heterocycles. The average molecular weight is 283 g/mol. The second kappa shape index (κ2) is 5.35. The van der Waals surface area contributed by atoms with Crippen molar-refractivity contribution in [1.82, 2.24) is 10.3 Å². The molecule has 0 aromatic carbocycles. The minimum absolute atomic E-state index is 0.118. The Balaban J connectivity index is 2.34. The third-order valence-corrected chi connectivity index (χ3v) is 3.89. The zero-order valence-electron chi connectivity index (χ0n) is 10.3. The summed E-state index contributed by atoms with van der Waals surface area (Å²) in [5.41, 5.74) is -0.239. The molecule has 8 heteroatoms. The van der Waals surface area contributed by atoms with E-state index in [-0.39, 0.29) is 28.8 Å². The number of ketones is 1. The van der Waals surface area contributed by atoms with Gasteiger partial charge in [-0.3, -0.25) is 9.59 Å². The van der Waals surface area contributed by atoms with Crippen molar-refractivity contribution in [1.29, 1.82) is 0 Å². The largest absolute Gasteiger partial charge is 0.476 e. The van der Waals surface area contributed by atoms with Crippen LogP contribution in [0.4, 0.5) is 5.13 Å². The number of carbonyl (C=O) groups is 3. The van der Waals surface area contributed by atoms with Crippen molar-refractivity contribution in [2.45, 2.75) is 13.3 Å². The van der Waals surface area contributed by atoms with Gasteiger partial charge in [0.1, 0.15) is 4.88 Å². The summed E-state index contributed by atoms with van der Waals surface area (Å²) in [6.07, 6.45) is 0.753. The lowest BCUT2D eigenvalue weighted by Gasteiger charge is -2.16. The van der Waals surface area contributed by atoms with E-state index >= 15 is 0 Å². The Morgan fingerprint density at radius 2 is 2.21 bits per heavy atom. The summed E-state index contributed by atoms with van der Waals surface area (Å²) < 4.78 is 0. The molecule has 2 heterocycles. The number of nitrogens with zero attached hydrogens (tertiary/aromatic N) is 2. The fourth-order valence-corrected chi connectivity index (χ4v) is 2.77. The smallest absolute Gasteiger partial charge is 0.356 e. The van der Waals surface area contributed by atoms with Crippen LogP contribution < -0.4 is 10.2 Å². The molecule has 7 nitrogen and oxygen atoms in total. The van der Waals surface area contributed by atoms with Crippen molar-refractivity contribution in [3.05, 3.63) is 10.6 Å². The summed E-state index contributed by atoms with van der Waals surface area (Å²) in [6, 6.07) is 0. The number of carboxylic acids is 1. The zero-order valence-corrected chi connectivity index (χ0v) is 11.1. The summed E-state index contributed by atoms with van der Waals surface area (Å²) in [6.45, 7) is 2.62. The summed E-state index contributed by atoms with van der Waals surface area (Å²) >= 11 is 1.02. The minimum Gasteiger partial charge on any atom is -0.476 e. The molecular formula is C11H13N3O4S. The van der Waals surface area contributed by atoms with Gasteiger partial charge in [-0.15, -0.1) is 0 Å². The molecule has 2 N–H and O–H groups in total. The highest BCUT2D eigenvalue weighted by molar-refractivity contribution is 7.17. The number of rotatable bonds is 3. The number of amides is 1. The van der Waals surface area contributed by atoms with Gasteiger partial charge in [0.15, 0.2) is 16.6 Å². The minimum atomic E-state index is -1.23. The molecule has 1 saturated heterocycles. The van der Waals surface area contributed by atoms with E-state index in [2.05, 4.69) is 10.3 Å². The highest BCUT2D eigenvalue weighted by Gasteiger charge is 2.25. The summed E-state index contributed by atoms with van der Waals surface area (Å²) in [7, 11) is 0. The van der Waals surface area contributed by atoms with Gasteiger partial charge < -0.3 is 15.3 Å². The Kier molecular flexibility index (Phi) is 3.79. The van der Waals surface area contributed by atoms with Gasteiger partial charge in [0.05, 0.1) is 6.54 Å². The van der Waals surface area contributed by atoms with Gasteiger partial charge in [-0.25, -0.2) is 9.78 Å². The number of carbonyl (C=O) groups excluding carboxylic acids is 2. The fourth-order valence-electron chi connectivity index (χ4n) is 1.80. The first kappa shape index (κ1) is 13.5. The maximum Gasteiger partial charge on any atom is 0.356 e. The topological polar surface area (TPSA) is 99.6 Å². The number of Topliss-reactive ketones (excluding diaryl/α,β-unsaturated/α-hetero) is 1. The van der Waals surface area contributed by atoms with Gasteiger partial charge in [0, 0.05) is 20.0 Å². The van der Waals surface area contributed by atoms with Crippen LogP contribution in [0.5, 0.6) is 0 Å². The molecule has 0 unspecified atom stereocenters. The molecule has 0 saturated carbocycles. The SMILES string of the molecule is CC(=O)c1sc(N2CCCNC(=O)C2)nc1C(=O)O. The summed E-state index contributed by atoms with van der Waals surface area (Å²) in [5.74, 6) is -1.69. The Hall–Kier alpha value is -1.96. The van der Waals surface area contributed by atoms with Gasteiger partial charge in [0.25, 0.3) is 0 Å². The van der Waals surface area contributed by atoms with Crippen LogP contribution in [0.3, 0.4) is 0 Å². The molecule has 0 aliphatic carbocycles. The van der Waals surface area contributed by atoms with Crippen LogP contribution in [-0.2, 0) is 4.79 Å². The van der Waals surface area contributed by atoms with E-state index in [1.165, 1.54) is 6.92 Å². The molecule has 19 heavy (non-hydrogen) atoms. The van der Waals surface area contributed by atoms with Crippen LogP contribution >= 0.6 is 11.3 Å². The first-order valence-electron chi connectivity index (χ1n) is 5.75. The maximum absolute atomic E-state index is 11.5. The molecule has 1 fully saturated rings. The van der Waals surface area contributed by atoms with Crippen molar-refractivity contribution in [3.63, 3.8) is 0 Å². The quantitative estimate of drug-likeness (QED) is 0.777. The molecule has 1 aromatic rings. The predicted octanol–water partition coefficient (Wildman–Crippen LogP) is 0.370. The third-order valence-electron chi connectivity index (χ3n) is 2.67. The molecular weight excluding hydrogens is 270 g/mol. The second-order valence-electron chi connectivity index (χ2n) is 4.16. The first-order valence-corrected chi connectivity index (χ1v) is 6.57. The lowest BCUT2D eigenvalue weighted by Crippen LogP contribution is -2.33. The number of thiazole rings is 1. The Morgan fingerprint density at radius 1 is 1.47 bits per heavy atom. The average Bonchev–Trinajstić information content (AvgIpc) is 2.68. The molecule has 1 aliphatic heterocycles. The number of aromatic carboxylic acids is 1. The van der Waals surface area contributed by atoms with Gasteiger partial charge >= 0.3 is 5.97 Å². The Morgan fingerprint density at radius 3 is 2.79 bits per heavy atom. The van der Waals surface area contributed by atoms with E-state index in [9.17, 15) is 14.4 Å². The molecule has 102 valence electrons. The van der Waals surface area contributed by atoms with Gasteiger partial charge in [0.2, 0.25) is 5.91 Å². The standard InChI is InChI=1S/C11H13N3O4S/c1-6(15)9-8(10(17)18)13-11(19-9)14-4-2-3-12-7(16)5-14/h2-5H2,1H3,(H,12,16)(H,17,18). The number of carboxylic acid groups (broad SMARTS) is 1. The zero-order chi connectivity index (χ0) is 14.0. The molecule has 1 aliphatic rings. The van der Waals surface area contributed by atoms with Crippen molar-refractivity contribution in [3.8, 4) is 0 Å². The van der Waals surface area contributed by atoms with Crippen LogP contribution in [0, 0.1) is 0 Å². The van der Waals surface area contributed by atoms with Crippen LogP contribution in [0.2, 0.25) is 0 Å². The predicted molar refractivity (Wildman–Crippen MR) is 68.9 cm³/mol. The van der Waals surface area contributed by atoms with Crippen molar-refractivity contribution >= 4 is 34.1 Å². The Bertz CT molecular complexity index is 509. The van der Waals surface area contributed by atoms with E-state index < -0.39 is 5.97 Å². The lowest BCUT2D eigenvalue weighted by atomic mass is 10.3. The monoisotopic (exact) mass is 283 g/mol. The first-order chi connectivity index (χ1) is 8.99. The molecule has 0 atom stereocenters. The molecule has 0 radical (unpaired) electrons. The van der Waals surface area contributed by atoms with Crippen LogP contribution in [0.1, 0.15) is 33.5 Å². The summed E-state index contributed by atoms with van der Waals surface area (Å²) in [5, 5.41) is 12.2. The molecule has 0 bridgehead atoms. The van der Waals surface area contributed by atoms with E-state index in [0.717, 1.165) is 17.8 Å². The van der Waals surface area contributed by atoms with Crippen molar-refractivity contribution in [2.24, 2.45) is 0 Å². The maximum atomic E-state index is 11.5. The van der Waals surface area contributed by atoms with E-state index in [1.807, 2.05) is 0 Å². The second-order valence-corrected chi connectivity index (χ2v) is 5.14. The van der Waals surface area contributed by atoms with Gasteiger partial charge in [-0.05, 0) is 6.42 Å². The molecule has 2 rings (SSSR count). The van der Waals surface area contributed by atoms with E-state index in [0.29, 0.717) is 18.2 Å².